The van der Waals surface area contributed by atoms with Gasteiger partial charge >= 0.3 is 5.97 Å². The summed E-state index contributed by atoms with van der Waals surface area (Å²) in [6, 6.07) is 5.36. The predicted molar refractivity (Wildman–Crippen MR) is 71.3 cm³/mol. The zero-order valence-corrected chi connectivity index (χ0v) is 11.6. The van der Waals surface area contributed by atoms with Gasteiger partial charge in [-0.3, -0.25) is 4.72 Å². The molecule has 2 N–H and O–H groups in total. The van der Waals surface area contributed by atoms with Crippen molar-refractivity contribution in [3.8, 4) is 0 Å². The zero-order chi connectivity index (χ0) is 14.0. The van der Waals surface area contributed by atoms with Crippen molar-refractivity contribution in [2.45, 2.75) is 4.21 Å². The molecule has 2 aromatic rings. The van der Waals surface area contributed by atoms with Crippen LogP contribution in [0.4, 0.5) is 5.82 Å². The summed E-state index contributed by atoms with van der Waals surface area (Å²) in [4.78, 5) is 14.5. The Morgan fingerprint density at radius 1 is 1.32 bits per heavy atom. The molecule has 2 aromatic heterocycles. The standard InChI is InChI=1S/C10H7ClN2O4S2/c11-6-1-3-8(12-5-6)13-19(16,17)9-4-2-7(18-9)10(14)15/h1-5H,(H,12,13)(H,14,15). The second kappa shape index (κ2) is 5.16. The molecule has 100 valence electrons. The lowest BCUT2D eigenvalue weighted by atomic mass is 10.5. The highest BCUT2D eigenvalue weighted by Gasteiger charge is 2.19. The van der Waals surface area contributed by atoms with Crippen LogP contribution in [0.25, 0.3) is 0 Å². The molecular weight excluding hydrogens is 312 g/mol. The smallest absolute Gasteiger partial charge is 0.345 e. The first-order valence-electron chi connectivity index (χ1n) is 4.86. The first-order valence-corrected chi connectivity index (χ1v) is 7.54. The Bertz CT molecular complexity index is 709. The molecule has 2 rings (SSSR count). The summed E-state index contributed by atoms with van der Waals surface area (Å²) < 4.78 is 26.0. The quantitative estimate of drug-likeness (QED) is 0.901. The highest BCUT2D eigenvalue weighted by Crippen LogP contribution is 2.23. The summed E-state index contributed by atoms with van der Waals surface area (Å²) in [7, 11) is -3.84. The number of nitrogens with one attached hydrogen (secondary N) is 1. The van der Waals surface area contributed by atoms with E-state index < -0.39 is 16.0 Å². The van der Waals surface area contributed by atoms with Crippen molar-refractivity contribution in [3.05, 3.63) is 40.4 Å². The van der Waals surface area contributed by atoms with Gasteiger partial charge in [0, 0.05) is 6.20 Å². The van der Waals surface area contributed by atoms with Crippen molar-refractivity contribution in [3.63, 3.8) is 0 Å². The molecule has 0 atom stereocenters. The minimum absolute atomic E-state index is 0.0514. The summed E-state index contributed by atoms with van der Waals surface area (Å²) in [5.74, 6) is -1.06. The fourth-order valence-corrected chi connectivity index (χ4v) is 3.47. The number of aromatic carboxylic acids is 1. The van der Waals surface area contributed by atoms with Gasteiger partial charge in [-0.1, -0.05) is 11.6 Å². The third-order valence-electron chi connectivity index (χ3n) is 2.02. The minimum atomic E-state index is -3.84. The molecule has 0 amide bonds. The van der Waals surface area contributed by atoms with E-state index in [9.17, 15) is 13.2 Å². The number of carboxylic acids is 1. The lowest BCUT2D eigenvalue weighted by Crippen LogP contribution is -2.12. The molecule has 0 radical (unpaired) electrons. The minimum Gasteiger partial charge on any atom is -0.477 e. The molecule has 19 heavy (non-hydrogen) atoms. The molecule has 0 saturated heterocycles. The number of hydrogen-bond acceptors (Lipinski definition) is 5. The number of halogens is 1. The van der Waals surface area contributed by atoms with Crippen LogP contribution in [-0.2, 0) is 10.0 Å². The SMILES string of the molecule is O=C(O)c1ccc(S(=O)(=O)Nc2ccc(Cl)cn2)s1. The largest absolute Gasteiger partial charge is 0.477 e. The van der Waals surface area contributed by atoms with Crippen LogP contribution in [0.3, 0.4) is 0 Å². The normalized spacial score (nSPS) is 11.2. The van der Waals surface area contributed by atoms with Crippen LogP contribution >= 0.6 is 22.9 Å². The lowest BCUT2D eigenvalue weighted by Gasteiger charge is -2.04. The van der Waals surface area contributed by atoms with E-state index in [0.717, 1.165) is 0 Å². The van der Waals surface area contributed by atoms with Gasteiger partial charge in [-0.25, -0.2) is 18.2 Å². The van der Waals surface area contributed by atoms with Gasteiger partial charge in [0.15, 0.2) is 0 Å². The Kier molecular flexibility index (Phi) is 3.74. The van der Waals surface area contributed by atoms with Gasteiger partial charge < -0.3 is 5.11 Å². The number of thiophene rings is 1. The summed E-state index contributed by atoms with van der Waals surface area (Å²) in [6.07, 6.45) is 1.30. The van der Waals surface area contributed by atoms with Crippen molar-refractivity contribution in [1.82, 2.24) is 4.98 Å². The number of nitrogens with zero attached hydrogens (tertiary/aromatic N) is 1. The van der Waals surface area contributed by atoms with Crippen LogP contribution < -0.4 is 4.72 Å². The lowest BCUT2D eigenvalue weighted by molar-refractivity contribution is 0.0702. The monoisotopic (exact) mass is 318 g/mol. The van der Waals surface area contributed by atoms with Crippen LogP contribution in [-0.4, -0.2) is 24.5 Å². The van der Waals surface area contributed by atoms with Crippen LogP contribution in [0.5, 0.6) is 0 Å². The summed E-state index contributed by atoms with van der Waals surface area (Å²) in [5.41, 5.74) is 0. The van der Waals surface area contributed by atoms with Crippen molar-refractivity contribution in [2.75, 3.05) is 4.72 Å². The molecule has 2 heterocycles. The number of hydrogen-bond donors (Lipinski definition) is 2. The van der Waals surface area contributed by atoms with Crippen molar-refractivity contribution >= 4 is 44.7 Å². The summed E-state index contributed by atoms with van der Waals surface area (Å²) >= 11 is 6.30. The van der Waals surface area contributed by atoms with E-state index in [4.69, 9.17) is 16.7 Å². The Morgan fingerprint density at radius 3 is 2.58 bits per heavy atom. The predicted octanol–water partition coefficient (Wildman–Crippen LogP) is 2.30. The van der Waals surface area contributed by atoms with Gasteiger partial charge in [0.2, 0.25) is 0 Å². The molecule has 0 aliphatic rings. The van der Waals surface area contributed by atoms with E-state index in [1.54, 1.807) is 0 Å². The molecule has 0 bridgehead atoms. The van der Waals surface area contributed by atoms with E-state index in [1.165, 1.54) is 30.5 Å². The molecule has 0 spiro atoms. The molecule has 0 fully saturated rings. The third-order valence-corrected chi connectivity index (χ3v) is 5.17. The molecule has 0 aliphatic heterocycles. The first kappa shape index (κ1) is 13.8. The molecule has 0 aliphatic carbocycles. The van der Waals surface area contributed by atoms with Gasteiger partial charge in [-0.15, -0.1) is 11.3 Å². The third kappa shape index (κ3) is 3.22. The molecule has 0 saturated carbocycles. The highest BCUT2D eigenvalue weighted by molar-refractivity contribution is 7.94. The van der Waals surface area contributed by atoms with E-state index in [-0.39, 0.29) is 14.9 Å². The maximum Gasteiger partial charge on any atom is 0.345 e. The Morgan fingerprint density at radius 2 is 2.05 bits per heavy atom. The second-order valence-corrected chi connectivity index (χ2v) is 6.82. The molecule has 0 aromatic carbocycles. The van der Waals surface area contributed by atoms with Gasteiger partial charge in [-0.2, -0.15) is 0 Å². The number of pyridine rings is 1. The average Bonchev–Trinajstić information content (AvgIpc) is 2.82. The fraction of sp³-hybridized carbons (Fsp3) is 0. The Labute approximate surface area is 117 Å². The molecular formula is C10H7ClN2O4S2. The molecule has 6 nitrogen and oxygen atoms in total. The number of anilines is 1. The van der Waals surface area contributed by atoms with E-state index in [1.807, 2.05) is 0 Å². The average molecular weight is 319 g/mol. The van der Waals surface area contributed by atoms with Gasteiger partial charge in [0.05, 0.1) is 5.02 Å². The van der Waals surface area contributed by atoms with Gasteiger partial charge in [0.1, 0.15) is 14.9 Å². The fourth-order valence-electron chi connectivity index (χ4n) is 1.20. The highest BCUT2D eigenvalue weighted by atomic mass is 35.5. The van der Waals surface area contributed by atoms with E-state index >= 15 is 0 Å². The maximum absolute atomic E-state index is 12.0. The maximum atomic E-state index is 12.0. The van der Waals surface area contributed by atoms with Crippen molar-refractivity contribution in [1.29, 1.82) is 0 Å². The topological polar surface area (TPSA) is 96.4 Å². The number of carboxylic acid groups (broad SMARTS) is 1. The number of sulfonamides is 1. The summed E-state index contributed by atoms with van der Waals surface area (Å²) in [5, 5.41) is 9.13. The Hall–Kier alpha value is -1.64. The van der Waals surface area contributed by atoms with Crippen LogP contribution in [0.2, 0.25) is 5.02 Å². The van der Waals surface area contributed by atoms with Crippen molar-refractivity contribution < 1.29 is 18.3 Å². The van der Waals surface area contributed by atoms with E-state index in [0.29, 0.717) is 16.4 Å². The van der Waals surface area contributed by atoms with Crippen LogP contribution in [0, 0.1) is 0 Å². The molecule has 0 unspecified atom stereocenters. The Balaban J connectivity index is 2.26. The van der Waals surface area contributed by atoms with Crippen LogP contribution in [0.1, 0.15) is 9.67 Å². The molecule has 9 heteroatoms. The van der Waals surface area contributed by atoms with Crippen LogP contribution in [0.15, 0.2) is 34.7 Å². The second-order valence-electron chi connectivity index (χ2n) is 3.39. The summed E-state index contributed by atoms with van der Waals surface area (Å²) in [6.45, 7) is 0. The first-order chi connectivity index (χ1) is 8.88. The number of carbonyl (C=O) groups is 1. The zero-order valence-electron chi connectivity index (χ0n) is 9.20. The number of aromatic nitrogens is 1. The van der Waals surface area contributed by atoms with Crippen molar-refractivity contribution in [2.24, 2.45) is 0 Å². The van der Waals surface area contributed by atoms with E-state index in [2.05, 4.69) is 9.71 Å². The van der Waals surface area contributed by atoms with Gasteiger partial charge in [-0.05, 0) is 24.3 Å². The van der Waals surface area contributed by atoms with Gasteiger partial charge in [0.25, 0.3) is 10.0 Å². The number of rotatable bonds is 4.